The number of halogens is 2. The number of benzene rings is 1. The van der Waals surface area contributed by atoms with E-state index in [2.05, 4.69) is 46.4 Å². The molecule has 3 rings (SSSR count). The Bertz CT molecular complexity index is 677. The Balaban J connectivity index is 0.00000110. The maximum Gasteiger partial charge on any atom is 0.123 e. The van der Waals surface area contributed by atoms with E-state index in [9.17, 15) is 0 Å². The van der Waals surface area contributed by atoms with E-state index in [1.165, 1.54) is 0 Å². The quantitative estimate of drug-likeness (QED) is 0.735. The monoisotopic (exact) mass is 328 g/mol. The van der Waals surface area contributed by atoms with Gasteiger partial charge in [0.05, 0.1) is 23.9 Å². The van der Waals surface area contributed by atoms with Crippen molar-refractivity contribution in [1.29, 1.82) is 0 Å². The topological polar surface area (TPSA) is 51.8 Å². The summed E-state index contributed by atoms with van der Waals surface area (Å²) in [6.45, 7) is 1.84. The summed E-state index contributed by atoms with van der Waals surface area (Å²) in [4.78, 5) is 2.15. The third-order valence-corrected chi connectivity index (χ3v) is 3.10. The van der Waals surface area contributed by atoms with Crippen LogP contribution in [-0.2, 0) is 6.54 Å². The Morgan fingerprint density at radius 3 is 2.48 bits per heavy atom. The van der Waals surface area contributed by atoms with Crippen molar-refractivity contribution in [2.45, 2.75) is 6.54 Å². The summed E-state index contributed by atoms with van der Waals surface area (Å²) >= 11 is 0. The lowest BCUT2D eigenvalue weighted by Crippen LogP contribution is -2.18. The molecule has 0 N–H and O–H groups in total. The van der Waals surface area contributed by atoms with Gasteiger partial charge < -0.3 is 4.90 Å². The molecule has 0 unspecified atom stereocenters. The molecule has 0 atom stereocenters. The minimum Gasteiger partial charge on any atom is -0.308 e. The Kier molecular flexibility index (Phi) is 6.14. The normalized spacial score (nSPS) is 10.4. The molecule has 3 aromatic rings. The van der Waals surface area contributed by atoms with Crippen LogP contribution in [0, 0.1) is 0 Å². The number of aromatic nitrogens is 5. The molecule has 0 fully saturated rings. The van der Waals surface area contributed by atoms with Gasteiger partial charge in [-0.25, -0.2) is 0 Å². The molecule has 114 valence electrons. The molecule has 0 aliphatic carbocycles. The molecular formula is C13H18Cl2N6. The van der Waals surface area contributed by atoms with Crippen molar-refractivity contribution in [1.82, 2.24) is 29.4 Å². The molecule has 0 bridgehead atoms. The molecule has 0 amide bonds. The lowest BCUT2D eigenvalue weighted by molar-refractivity contribution is 0.377. The van der Waals surface area contributed by atoms with Crippen LogP contribution in [0.5, 0.6) is 0 Å². The van der Waals surface area contributed by atoms with E-state index in [4.69, 9.17) is 0 Å². The summed E-state index contributed by atoms with van der Waals surface area (Å²) in [5, 5.41) is 13.3. The van der Waals surface area contributed by atoms with Gasteiger partial charge in [0, 0.05) is 11.9 Å². The van der Waals surface area contributed by atoms with Crippen LogP contribution >= 0.6 is 24.8 Å². The van der Waals surface area contributed by atoms with Crippen LogP contribution in [0.2, 0.25) is 0 Å². The number of rotatable bonds is 4. The van der Waals surface area contributed by atoms with E-state index in [1.807, 2.05) is 21.5 Å². The first-order valence-corrected chi connectivity index (χ1v) is 6.19. The summed E-state index contributed by atoms with van der Waals surface area (Å²) in [6.07, 6.45) is 5.30. The first kappa shape index (κ1) is 17.4. The van der Waals surface area contributed by atoms with E-state index >= 15 is 0 Å². The zero-order valence-electron chi connectivity index (χ0n) is 11.9. The van der Waals surface area contributed by atoms with Crippen LogP contribution in [0.25, 0.3) is 16.6 Å². The maximum atomic E-state index is 4.44. The molecule has 6 nitrogen and oxygen atoms in total. The van der Waals surface area contributed by atoms with Gasteiger partial charge >= 0.3 is 0 Å². The molecule has 0 aliphatic heterocycles. The number of hydrogen-bond acceptors (Lipinski definition) is 4. The van der Waals surface area contributed by atoms with Crippen LogP contribution < -0.4 is 0 Å². The smallest absolute Gasteiger partial charge is 0.123 e. The van der Waals surface area contributed by atoms with Crippen molar-refractivity contribution in [2.24, 2.45) is 0 Å². The number of nitrogens with zero attached hydrogens (tertiary/aromatic N) is 6. The van der Waals surface area contributed by atoms with Crippen LogP contribution in [0.3, 0.4) is 0 Å². The van der Waals surface area contributed by atoms with Crippen molar-refractivity contribution < 1.29 is 0 Å². The van der Waals surface area contributed by atoms with Crippen LogP contribution in [-0.4, -0.2) is 50.1 Å². The molecule has 1 aromatic carbocycles. The van der Waals surface area contributed by atoms with E-state index < -0.39 is 0 Å². The maximum absolute atomic E-state index is 4.44. The van der Waals surface area contributed by atoms with Crippen molar-refractivity contribution in [3.8, 4) is 5.69 Å². The third-order valence-electron chi connectivity index (χ3n) is 3.10. The van der Waals surface area contributed by atoms with E-state index in [0.717, 1.165) is 29.7 Å². The van der Waals surface area contributed by atoms with Gasteiger partial charge in [-0.15, -0.1) is 35.0 Å². The van der Waals surface area contributed by atoms with Gasteiger partial charge in [0.15, 0.2) is 0 Å². The number of likely N-dealkylation sites (N-methyl/N-ethyl adjacent to an activating group) is 1. The molecule has 0 saturated carbocycles. The second-order valence-corrected chi connectivity index (χ2v) is 4.78. The molecule has 0 aliphatic rings. The van der Waals surface area contributed by atoms with Crippen molar-refractivity contribution >= 4 is 35.7 Å². The Morgan fingerprint density at radius 1 is 1.10 bits per heavy atom. The molecule has 0 spiro atoms. The molecule has 21 heavy (non-hydrogen) atoms. The van der Waals surface area contributed by atoms with Crippen molar-refractivity contribution in [3.63, 3.8) is 0 Å². The molecule has 2 heterocycles. The third kappa shape index (κ3) is 3.72. The average molecular weight is 329 g/mol. The second kappa shape index (κ2) is 7.40. The summed E-state index contributed by atoms with van der Waals surface area (Å²) in [5.74, 6) is 0. The Hall–Kier alpha value is -1.63. The fraction of sp³-hybridized carbons (Fsp3) is 0.308. The zero-order chi connectivity index (χ0) is 13.2. The summed E-state index contributed by atoms with van der Waals surface area (Å²) in [5.41, 5.74) is 2.18. The second-order valence-electron chi connectivity index (χ2n) is 4.78. The van der Waals surface area contributed by atoms with Crippen LogP contribution in [0.15, 0.2) is 37.1 Å². The van der Waals surface area contributed by atoms with Gasteiger partial charge in [-0.05, 0) is 32.3 Å². The van der Waals surface area contributed by atoms with Crippen molar-refractivity contribution in [2.75, 3.05) is 20.6 Å². The SMILES string of the molecule is CN(C)CCn1ncc2ccc(-n3cnnc3)cc21.Cl.Cl. The first-order chi connectivity index (χ1) is 9.24. The highest BCUT2D eigenvalue weighted by Gasteiger charge is 2.05. The highest BCUT2D eigenvalue weighted by molar-refractivity contribution is 5.85. The molecule has 2 aromatic heterocycles. The Labute approximate surface area is 135 Å². The van der Waals surface area contributed by atoms with Gasteiger partial charge in [0.25, 0.3) is 0 Å². The van der Waals surface area contributed by atoms with Gasteiger partial charge in [-0.2, -0.15) is 5.10 Å². The summed E-state index contributed by atoms with van der Waals surface area (Å²) < 4.78 is 3.92. The van der Waals surface area contributed by atoms with Crippen LogP contribution in [0.1, 0.15) is 0 Å². The van der Waals surface area contributed by atoms with Gasteiger partial charge in [0.1, 0.15) is 12.7 Å². The minimum absolute atomic E-state index is 0. The average Bonchev–Trinajstić information content (AvgIpc) is 3.05. The first-order valence-electron chi connectivity index (χ1n) is 6.19. The summed E-state index contributed by atoms with van der Waals surface area (Å²) in [7, 11) is 4.13. The number of fused-ring (bicyclic) bond motifs is 1. The standard InChI is InChI=1S/C13H16N6.2ClH/c1-17(2)5-6-19-13-7-12(18-9-14-15-10-18)4-3-11(13)8-16-19;;/h3-4,7-10H,5-6H2,1-2H3;2*1H. The predicted octanol–water partition coefficient (Wildman–Crippen LogP) is 2.02. The molecule has 0 saturated heterocycles. The van der Waals surface area contributed by atoms with Crippen LogP contribution in [0.4, 0.5) is 0 Å². The predicted molar refractivity (Wildman–Crippen MR) is 87.7 cm³/mol. The lowest BCUT2D eigenvalue weighted by Gasteiger charge is -2.10. The van der Waals surface area contributed by atoms with E-state index in [0.29, 0.717) is 0 Å². The Morgan fingerprint density at radius 2 is 1.81 bits per heavy atom. The fourth-order valence-corrected chi connectivity index (χ4v) is 2.03. The zero-order valence-corrected chi connectivity index (χ0v) is 13.5. The molecule has 0 radical (unpaired) electrons. The van der Waals surface area contributed by atoms with Gasteiger partial charge in [-0.3, -0.25) is 9.25 Å². The van der Waals surface area contributed by atoms with Gasteiger partial charge in [0.2, 0.25) is 0 Å². The lowest BCUT2D eigenvalue weighted by atomic mass is 10.2. The molecular weight excluding hydrogens is 311 g/mol. The highest BCUT2D eigenvalue weighted by atomic mass is 35.5. The van der Waals surface area contributed by atoms with Gasteiger partial charge in [-0.1, -0.05) is 0 Å². The van der Waals surface area contributed by atoms with Crippen molar-refractivity contribution in [3.05, 3.63) is 37.1 Å². The van der Waals surface area contributed by atoms with E-state index in [-0.39, 0.29) is 24.8 Å². The van der Waals surface area contributed by atoms with E-state index in [1.54, 1.807) is 12.7 Å². The fourth-order valence-electron chi connectivity index (χ4n) is 2.03. The highest BCUT2D eigenvalue weighted by Crippen LogP contribution is 2.18. The molecule has 8 heteroatoms. The largest absolute Gasteiger partial charge is 0.308 e. The minimum atomic E-state index is 0. The number of hydrogen-bond donors (Lipinski definition) is 0. The summed E-state index contributed by atoms with van der Waals surface area (Å²) in [6, 6.07) is 6.23.